The molecule has 0 fully saturated rings. The van der Waals surface area contributed by atoms with E-state index in [0.29, 0.717) is 35.3 Å². The van der Waals surface area contributed by atoms with E-state index in [2.05, 4.69) is 10.3 Å². The van der Waals surface area contributed by atoms with Crippen LogP contribution in [-0.2, 0) is 9.47 Å². The minimum Gasteiger partial charge on any atom is -0.462 e. The van der Waals surface area contributed by atoms with Gasteiger partial charge in [-0.25, -0.2) is 9.78 Å². The lowest BCUT2D eigenvalue weighted by molar-refractivity contribution is -0.346. The lowest BCUT2D eigenvalue weighted by Crippen LogP contribution is -2.19. The lowest BCUT2D eigenvalue weighted by Gasteiger charge is -2.13. The molecule has 2 rings (SSSR count). The fourth-order valence-electron chi connectivity index (χ4n) is 2.33. The molecule has 0 saturated heterocycles. The Hall–Kier alpha value is -2.21. The van der Waals surface area contributed by atoms with Gasteiger partial charge in [0.15, 0.2) is 12.0 Å². The van der Waals surface area contributed by atoms with Gasteiger partial charge >= 0.3 is 5.97 Å². The van der Waals surface area contributed by atoms with Crippen LogP contribution in [0.15, 0.2) is 18.3 Å². The number of rotatable bonds is 6. The molecule has 0 aliphatic carbocycles. The van der Waals surface area contributed by atoms with Crippen molar-refractivity contribution in [3.63, 3.8) is 0 Å². The highest BCUT2D eigenvalue weighted by Crippen LogP contribution is 2.29. The van der Waals surface area contributed by atoms with Gasteiger partial charge in [-0.1, -0.05) is 6.07 Å². The number of ether oxygens (including phenoxy) is 2. The maximum Gasteiger partial charge on any atom is 0.346 e. The van der Waals surface area contributed by atoms with Crippen LogP contribution < -0.4 is 10.3 Å². The molecule has 1 aromatic heterocycles. The van der Waals surface area contributed by atoms with Crippen LogP contribution in [0.25, 0.3) is 10.9 Å². The number of nitrogens with one attached hydrogen (secondary N) is 2. The number of methoxy groups -OCH3 is 1. The third-order valence-corrected chi connectivity index (χ3v) is 3.35. The summed E-state index contributed by atoms with van der Waals surface area (Å²) >= 11 is 0. The Labute approximate surface area is 128 Å². The molecule has 1 heterocycles. The number of carbonyl (C=O) groups excluding carboxylic acids is 1. The molecule has 6 heteroatoms. The molecule has 0 amide bonds. The van der Waals surface area contributed by atoms with Crippen LogP contribution in [0.1, 0.15) is 22.8 Å². The van der Waals surface area contributed by atoms with E-state index in [0.717, 1.165) is 5.56 Å². The van der Waals surface area contributed by atoms with E-state index in [-0.39, 0.29) is 12.4 Å². The van der Waals surface area contributed by atoms with Crippen molar-refractivity contribution < 1.29 is 23.6 Å². The first-order valence-corrected chi connectivity index (χ1v) is 7.13. The van der Waals surface area contributed by atoms with Gasteiger partial charge in [0.1, 0.15) is 5.56 Å². The van der Waals surface area contributed by atoms with E-state index in [9.17, 15) is 9.18 Å². The highest BCUT2D eigenvalue weighted by atomic mass is 19.1. The Kier molecular flexibility index (Phi) is 5.27. The molecule has 118 valence electrons. The standard InChI is InChI=1S/C16H19FN2O3/c1-4-22-16(20)11-9-19-15-12(17)6-5-10(2)13(15)14(11)18-7-8-21-3/h5-6,9H,4,7-8H2,1-3H3,(H,18,19)/p+1. The van der Waals surface area contributed by atoms with Gasteiger partial charge < -0.3 is 14.8 Å². The Morgan fingerprint density at radius 3 is 2.86 bits per heavy atom. The normalized spacial score (nSPS) is 10.7. The van der Waals surface area contributed by atoms with Crippen LogP contribution >= 0.6 is 0 Å². The molecule has 22 heavy (non-hydrogen) atoms. The molecule has 0 unspecified atom stereocenters. The number of hydrogen-bond acceptors (Lipinski definition) is 4. The zero-order valence-electron chi connectivity index (χ0n) is 13.0. The second-order valence-corrected chi connectivity index (χ2v) is 4.83. The molecule has 0 bridgehead atoms. The van der Waals surface area contributed by atoms with E-state index in [1.807, 2.05) is 6.92 Å². The van der Waals surface area contributed by atoms with Crippen molar-refractivity contribution in [2.45, 2.75) is 13.8 Å². The van der Waals surface area contributed by atoms with Crippen LogP contribution in [0, 0.1) is 12.7 Å². The highest BCUT2D eigenvalue weighted by molar-refractivity contribution is 6.04. The molecular weight excluding hydrogens is 287 g/mol. The fourth-order valence-corrected chi connectivity index (χ4v) is 2.33. The van der Waals surface area contributed by atoms with Crippen LogP contribution in [0.3, 0.4) is 0 Å². The van der Waals surface area contributed by atoms with Crippen molar-refractivity contribution in [1.82, 2.24) is 0 Å². The van der Waals surface area contributed by atoms with Crippen molar-refractivity contribution in [1.29, 1.82) is 0 Å². The van der Waals surface area contributed by atoms with Crippen molar-refractivity contribution in [2.24, 2.45) is 0 Å². The average molecular weight is 307 g/mol. The van der Waals surface area contributed by atoms with Crippen LogP contribution in [0.4, 0.5) is 10.1 Å². The molecule has 0 atom stereocenters. The summed E-state index contributed by atoms with van der Waals surface area (Å²) in [6, 6.07) is 3.08. The predicted molar refractivity (Wildman–Crippen MR) is 81.5 cm³/mol. The van der Waals surface area contributed by atoms with Gasteiger partial charge in [0.05, 0.1) is 24.3 Å². The van der Waals surface area contributed by atoms with Gasteiger partial charge in [0, 0.05) is 13.7 Å². The Balaban J connectivity index is 2.61. The number of pyridine rings is 1. The van der Waals surface area contributed by atoms with Crippen molar-refractivity contribution in [3.05, 3.63) is 35.3 Å². The minimum atomic E-state index is -0.454. The summed E-state index contributed by atoms with van der Waals surface area (Å²) in [5, 5.41) is 3.79. The van der Waals surface area contributed by atoms with E-state index in [1.54, 1.807) is 20.1 Å². The molecule has 0 saturated carbocycles. The predicted octanol–water partition coefficient (Wildman–Crippen LogP) is 2.34. The summed E-state index contributed by atoms with van der Waals surface area (Å²) in [7, 11) is 1.59. The van der Waals surface area contributed by atoms with Crippen LogP contribution in [0.2, 0.25) is 0 Å². The number of aromatic amines is 1. The van der Waals surface area contributed by atoms with Gasteiger partial charge in [0.2, 0.25) is 5.52 Å². The molecule has 5 nitrogen and oxygen atoms in total. The summed E-state index contributed by atoms with van der Waals surface area (Å²) in [5.41, 5.74) is 2.12. The van der Waals surface area contributed by atoms with Gasteiger partial charge in [-0.2, -0.15) is 4.39 Å². The third kappa shape index (κ3) is 3.17. The van der Waals surface area contributed by atoms with Crippen LogP contribution in [-0.4, -0.2) is 32.8 Å². The number of aromatic nitrogens is 1. The summed E-state index contributed by atoms with van der Waals surface area (Å²) in [5.74, 6) is -0.824. The highest BCUT2D eigenvalue weighted by Gasteiger charge is 2.23. The van der Waals surface area contributed by atoms with Gasteiger partial charge in [0.25, 0.3) is 0 Å². The molecule has 2 aromatic rings. The summed E-state index contributed by atoms with van der Waals surface area (Å²) in [4.78, 5) is 15.0. The fraction of sp³-hybridized carbons (Fsp3) is 0.375. The number of H-pyrrole nitrogens is 1. The molecular formula is C16H20FN2O3+. The van der Waals surface area contributed by atoms with Crippen molar-refractivity contribution in [2.75, 3.05) is 32.2 Å². The lowest BCUT2D eigenvalue weighted by atomic mass is 10.0. The quantitative estimate of drug-likeness (QED) is 0.657. The number of fused-ring (bicyclic) bond motifs is 1. The zero-order chi connectivity index (χ0) is 16.1. The average Bonchev–Trinajstić information content (AvgIpc) is 2.51. The topological polar surface area (TPSA) is 61.7 Å². The maximum absolute atomic E-state index is 14.0. The summed E-state index contributed by atoms with van der Waals surface area (Å²) in [6.07, 6.45) is 1.47. The number of carbonyl (C=O) groups is 1. The Bertz CT molecular complexity index is 689. The molecule has 0 spiro atoms. The number of halogens is 1. The number of aryl methyl sites for hydroxylation is 1. The van der Waals surface area contributed by atoms with E-state index in [1.165, 1.54) is 12.3 Å². The summed E-state index contributed by atoms with van der Waals surface area (Å²) in [6.45, 7) is 4.85. The summed E-state index contributed by atoms with van der Waals surface area (Å²) < 4.78 is 24.1. The Morgan fingerprint density at radius 2 is 2.18 bits per heavy atom. The van der Waals surface area contributed by atoms with E-state index < -0.39 is 5.97 Å². The molecule has 0 aliphatic heterocycles. The zero-order valence-corrected chi connectivity index (χ0v) is 13.0. The second-order valence-electron chi connectivity index (χ2n) is 4.83. The molecule has 0 radical (unpaired) electrons. The van der Waals surface area contributed by atoms with Gasteiger partial charge in [-0.3, -0.25) is 0 Å². The first-order valence-electron chi connectivity index (χ1n) is 7.13. The van der Waals surface area contributed by atoms with E-state index >= 15 is 0 Å². The van der Waals surface area contributed by atoms with Crippen LogP contribution in [0.5, 0.6) is 0 Å². The molecule has 1 aromatic carbocycles. The third-order valence-electron chi connectivity index (χ3n) is 3.35. The van der Waals surface area contributed by atoms with Crippen molar-refractivity contribution in [3.8, 4) is 0 Å². The second kappa shape index (κ2) is 7.17. The first kappa shape index (κ1) is 16.2. The monoisotopic (exact) mass is 307 g/mol. The molecule has 2 N–H and O–H groups in total. The number of benzene rings is 1. The minimum absolute atomic E-state index is 0.274. The SMILES string of the molecule is CCOC(=O)c1c[nH+]c2c(F)ccc(C)c2c1NCCOC. The first-order chi connectivity index (χ1) is 10.6. The molecule has 0 aliphatic rings. The van der Waals surface area contributed by atoms with E-state index in [4.69, 9.17) is 9.47 Å². The smallest absolute Gasteiger partial charge is 0.346 e. The largest absolute Gasteiger partial charge is 0.462 e. The Morgan fingerprint density at radius 1 is 1.41 bits per heavy atom. The maximum atomic E-state index is 14.0. The number of anilines is 1. The van der Waals surface area contributed by atoms with Crippen molar-refractivity contribution >= 4 is 22.6 Å². The number of hydrogen-bond donors (Lipinski definition) is 1. The van der Waals surface area contributed by atoms with Gasteiger partial charge in [-0.05, 0) is 25.5 Å². The van der Waals surface area contributed by atoms with Gasteiger partial charge in [-0.15, -0.1) is 0 Å². The number of esters is 1.